The summed E-state index contributed by atoms with van der Waals surface area (Å²) in [6.45, 7) is 4.41. The van der Waals surface area contributed by atoms with E-state index in [-0.39, 0.29) is 0 Å². The van der Waals surface area contributed by atoms with E-state index in [0.29, 0.717) is 0 Å². The van der Waals surface area contributed by atoms with Crippen LogP contribution >= 0.6 is 0 Å². The first-order chi connectivity index (χ1) is 6.43. The Morgan fingerprint density at radius 3 is 2.92 bits per heavy atom. The van der Waals surface area contributed by atoms with E-state index in [4.69, 9.17) is 0 Å². The number of rotatable bonds is 7. The summed E-state index contributed by atoms with van der Waals surface area (Å²) in [5.74, 6) is 0.984. The highest BCUT2D eigenvalue weighted by molar-refractivity contribution is 4.79. The molecule has 0 saturated heterocycles. The van der Waals surface area contributed by atoms with Crippen LogP contribution in [0.4, 0.5) is 0 Å². The zero-order valence-corrected chi connectivity index (χ0v) is 8.21. The summed E-state index contributed by atoms with van der Waals surface area (Å²) in [4.78, 5) is 4.06. The third kappa shape index (κ3) is 4.62. The Balaban J connectivity index is 1.90. The minimum absolute atomic E-state index is 0.984. The van der Waals surface area contributed by atoms with Crippen molar-refractivity contribution >= 4 is 0 Å². The van der Waals surface area contributed by atoms with Gasteiger partial charge in [-0.2, -0.15) is 5.10 Å². The normalized spacial score (nSPS) is 10.5. The molecule has 0 saturated carbocycles. The van der Waals surface area contributed by atoms with Gasteiger partial charge in [0.15, 0.2) is 0 Å². The zero-order valence-electron chi connectivity index (χ0n) is 8.21. The summed E-state index contributed by atoms with van der Waals surface area (Å²) in [6, 6.07) is 0. The van der Waals surface area contributed by atoms with Crippen LogP contribution in [0.25, 0.3) is 0 Å². The van der Waals surface area contributed by atoms with Crippen LogP contribution in [-0.2, 0) is 6.42 Å². The maximum absolute atomic E-state index is 4.06. The first-order valence-corrected chi connectivity index (χ1v) is 4.98. The third-order valence-electron chi connectivity index (χ3n) is 1.94. The van der Waals surface area contributed by atoms with Crippen LogP contribution in [0.3, 0.4) is 0 Å². The van der Waals surface area contributed by atoms with Crippen molar-refractivity contribution in [3.8, 4) is 0 Å². The van der Waals surface area contributed by atoms with Crippen LogP contribution in [0.5, 0.6) is 0 Å². The predicted octanol–water partition coefficient (Wildman–Crippen LogP) is 1.13. The Labute approximate surface area is 79.2 Å². The van der Waals surface area contributed by atoms with E-state index in [9.17, 15) is 0 Å². The van der Waals surface area contributed by atoms with Crippen molar-refractivity contribution < 1.29 is 0 Å². The quantitative estimate of drug-likeness (QED) is 0.621. The van der Waals surface area contributed by atoms with Crippen molar-refractivity contribution in [3.63, 3.8) is 0 Å². The topological polar surface area (TPSA) is 53.6 Å². The number of aromatic nitrogens is 3. The molecule has 1 aromatic rings. The highest BCUT2D eigenvalue weighted by Crippen LogP contribution is 1.91. The van der Waals surface area contributed by atoms with Crippen LogP contribution in [-0.4, -0.2) is 28.3 Å². The molecule has 0 unspecified atom stereocenters. The van der Waals surface area contributed by atoms with Crippen molar-refractivity contribution in [3.05, 3.63) is 12.2 Å². The van der Waals surface area contributed by atoms with Crippen LogP contribution in [0, 0.1) is 0 Å². The molecule has 0 atom stereocenters. The van der Waals surface area contributed by atoms with Crippen LogP contribution in [0.15, 0.2) is 6.33 Å². The average molecular weight is 182 g/mol. The molecular formula is C9H18N4. The van der Waals surface area contributed by atoms with Crippen molar-refractivity contribution in [2.75, 3.05) is 13.1 Å². The number of aromatic amines is 1. The summed E-state index contributed by atoms with van der Waals surface area (Å²) in [6.07, 6.45) is 6.19. The molecule has 0 aliphatic rings. The molecule has 0 fully saturated rings. The van der Waals surface area contributed by atoms with Gasteiger partial charge in [-0.15, -0.1) is 0 Å². The van der Waals surface area contributed by atoms with Gasteiger partial charge in [0, 0.05) is 6.42 Å². The Morgan fingerprint density at radius 1 is 1.38 bits per heavy atom. The van der Waals surface area contributed by atoms with E-state index < -0.39 is 0 Å². The monoisotopic (exact) mass is 182 g/mol. The lowest BCUT2D eigenvalue weighted by Crippen LogP contribution is -2.17. The Kier molecular flexibility index (Phi) is 5.17. The van der Waals surface area contributed by atoms with E-state index in [1.807, 2.05) is 0 Å². The van der Waals surface area contributed by atoms with Gasteiger partial charge in [0.1, 0.15) is 12.2 Å². The SMILES string of the molecule is CCCCNCCCc1ncn[nH]1. The van der Waals surface area contributed by atoms with Gasteiger partial charge >= 0.3 is 0 Å². The first-order valence-electron chi connectivity index (χ1n) is 4.98. The zero-order chi connectivity index (χ0) is 9.36. The third-order valence-corrected chi connectivity index (χ3v) is 1.94. The standard InChI is InChI=1S/C9H18N4/c1-2-3-6-10-7-4-5-9-11-8-12-13-9/h8,10H,2-7H2,1H3,(H,11,12,13). The van der Waals surface area contributed by atoms with Crippen LogP contribution in [0.2, 0.25) is 0 Å². The second-order valence-electron chi connectivity index (χ2n) is 3.14. The fourth-order valence-corrected chi connectivity index (χ4v) is 1.16. The number of aryl methyl sites for hydroxylation is 1. The minimum atomic E-state index is 0.984. The molecule has 1 heterocycles. The molecule has 2 N–H and O–H groups in total. The number of hydrogen-bond donors (Lipinski definition) is 2. The van der Waals surface area contributed by atoms with Gasteiger partial charge < -0.3 is 5.32 Å². The van der Waals surface area contributed by atoms with E-state index in [0.717, 1.165) is 31.8 Å². The fourth-order valence-electron chi connectivity index (χ4n) is 1.16. The molecular weight excluding hydrogens is 164 g/mol. The summed E-state index contributed by atoms with van der Waals surface area (Å²) < 4.78 is 0. The van der Waals surface area contributed by atoms with Crippen LogP contribution in [0.1, 0.15) is 32.0 Å². The number of H-pyrrole nitrogens is 1. The van der Waals surface area contributed by atoms with Gasteiger partial charge in [-0.25, -0.2) is 4.98 Å². The second kappa shape index (κ2) is 6.60. The molecule has 0 radical (unpaired) electrons. The number of hydrogen-bond acceptors (Lipinski definition) is 3. The highest BCUT2D eigenvalue weighted by Gasteiger charge is 1.94. The predicted molar refractivity (Wildman–Crippen MR) is 52.5 cm³/mol. The molecule has 1 rings (SSSR count). The fraction of sp³-hybridized carbons (Fsp3) is 0.778. The Hall–Kier alpha value is -0.900. The number of unbranched alkanes of at least 4 members (excludes halogenated alkanes) is 1. The minimum Gasteiger partial charge on any atom is -0.317 e. The van der Waals surface area contributed by atoms with Crippen molar-refractivity contribution in [1.82, 2.24) is 20.5 Å². The lowest BCUT2D eigenvalue weighted by atomic mass is 10.3. The molecule has 0 amide bonds. The largest absolute Gasteiger partial charge is 0.317 e. The molecule has 0 bridgehead atoms. The first kappa shape index (κ1) is 10.2. The lowest BCUT2D eigenvalue weighted by molar-refractivity contribution is 0.611. The smallest absolute Gasteiger partial charge is 0.137 e. The molecule has 0 spiro atoms. The maximum Gasteiger partial charge on any atom is 0.137 e. The molecule has 0 aliphatic carbocycles. The summed E-state index contributed by atoms with van der Waals surface area (Å²) >= 11 is 0. The lowest BCUT2D eigenvalue weighted by Gasteiger charge is -2.01. The molecule has 13 heavy (non-hydrogen) atoms. The van der Waals surface area contributed by atoms with E-state index >= 15 is 0 Å². The summed E-state index contributed by atoms with van der Waals surface area (Å²) in [5.41, 5.74) is 0. The van der Waals surface area contributed by atoms with E-state index in [1.54, 1.807) is 6.33 Å². The second-order valence-corrected chi connectivity index (χ2v) is 3.14. The summed E-state index contributed by atoms with van der Waals surface area (Å²) in [5, 5.41) is 10.0. The van der Waals surface area contributed by atoms with E-state index in [2.05, 4.69) is 27.4 Å². The highest BCUT2D eigenvalue weighted by atomic mass is 15.2. The molecule has 0 aromatic carbocycles. The van der Waals surface area contributed by atoms with Crippen molar-refractivity contribution in [2.45, 2.75) is 32.6 Å². The maximum atomic E-state index is 4.06. The van der Waals surface area contributed by atoms with Crippen molar-refractivity contribution in [2.24, 2.45) is 0 Å². The average Bonchev–Trinajstić information content (AvgIpc) is 2.63. The van der Waals surface area contributed by atoms with Crippen molar-refractivity contribution in [1.29, 1.82) is 0 Å². The number of nitrogens with zero attached hydrogens (tertiary/aromatic N) is 2. The van der Waals surface area contributed by atoms with E-state index in [1.165, 1.54) is 12.8 Å². The van der Waals surface area contributed by atoms with Gasteiger partial charge in [0.05, 0.1) is 0 Å². The molecule has 4 heteroatoms. The Bertz CT molecular complexity index is 195. The number of nitrogens with one attached hydrogen (secondary N) is 2. The molecule has 74 valence electrons. The summed E-state index contributed by atoms with van der Waals surface area (Å²) in [7, 11) is 0. The molecule has 0 aliphatic heterocycles. The van der Waals surface area contributed by atoms with Crippen LogP contribution < -0.4 is 5.32 Å². The van der Waals surface area contributed by atoms with Gasteiger partial charge in [-0.3, -0.25) is 5.10 Å². The van der Waals surface area contributed by atoms with Gasteiger partial charge in [-0.05, 0) is 25.9 Å². The molecule has 1 aromatic heterocycles. The van der Waals surface area contributed by atoms with Gasteiger partial charge in [0.2, 0.25) is 0 Å². The Morgan fingerprint density at radius 2 is 2.23 bits per heavy atom. The van der Waals surface area contributed by atoms with Gasteiger partial charge in [0.25, 0.3) is 0 Å². The molecule has 4 nitrogen and oxygen atoms in total. The van der Waals surface area contributed by atoms with Gasteiger partial charge in [-0.1, -0.05) is 13.3 Å².